The average Bonchev–Trinajstić information content (AvgIpc) is 2.22. The number of hydrogen-bond acceptors (Lipinski definition) is 3. The molecule has 1 unspecified atom stereocenters. The molecule has 14 heavy (non-hydrogen) atoms. The van der Waals surface area contributed by atoms with Crippen LogP contribution in [0.25, 0.3) is 0 Å². The maximum absolute atomic E-state index is 10.7. The molecular weight excluding hydrogens is 180 g/mol. The van der Waals surface area contributed by atoms with Crippen LogP contribution in [0.1, 0.15) is 38.5 Å². The Kier molecular flexibility index (Phi) is 7.96. The molecule has 0 aromatic carbocycles. The SMILES string of the molecule is C#CC(O)CCCCCCC(=O)OC. The van der Waals surface area contributed by atoms with Crippen molar-refractivity contribution < 1.29 is 14.6 Å². The third kappa shape index (κ3) is 7.63. The van der Waals surface area contributed by atoms with Gasteiger partial charge in [0.25, 0.3) is 0 Å². The van der Waals surface area contributed by atoms with Gasteiger partial charge in [-0.25, -0.2) is 0 Å². The highest BCUT2D eigenvalue weighted by molar-refractivity contribution is 5.68. The van der Waals surface area contributed by atoms with Crippen LogP contribution in [0.4, 0.5) is 0 Å². The van der Waals surface area contributed by atoms with Crippen molar-refractivity contribution in [1.82, 2.24) is 0 Å². The number of esters is 1. The molecule has 0 heterocycles. The molecule has 0 rings (SSSR count). The Bertz CT molecular complexity index is 193. The monoisotopic (exact) mass is 198 g/mol. The standard InChI is InChI=1S/C11H18O3/c1-3-10(12)8-6-4-5-7-9-11(13)14-2/h1,10,12H,4-9H2,2H3. The molecule has 0 saturated heterocycles. The molecule has 0 aromatic rings. The van der Waals surface area contributed by atoms with E-state index in [1.54, 1.807) is 0 Å². The second kappa shape index (κ2) is 8.58. The van der Waals surface area contributed by atoms with Crippen molar-refractivity contribution in [3.8, 4) is 12.3 Å². The average molecular weight is 198 g/mol. The van der Waals surface area contributed by atoms with Crippen molar-refractivity contribution in [2.45, 2.75) is 44.6 Å². The van der Waals surface area contributed by atoms with Crippen LogP contribution in [0.15, 0.2) is 0 Å². The first-order chi connectivity index (χ1) is 6.70. The fourth-order valence-electron chi connectivity index (χ4n) is 1.15. The predicted molar refractivity (Wildman–Crippen MR) is 54.6 cm³/mol. The van der Waals surface area contributed by atoms with E-state index in [1.165, 1.54) is 7.11 Å². The van der Waals surface area contributed by atoms with Crippen molar-refractivity contribution in [2.75, 3.05) is 7.11 Å². The Labute approximate surface area is 85.5 Å². The van der Waals surface area contributed by atoms with Crippen LogP contribution in [0.5, 0.6) is 0 Å². The van der Waals surface area contributed by atoms with Crippen molar-refractivity contribution in [2.24, 2.45) is 0 Å². The Morgan fingerprint density at radius 2 is 2.07 bits per heavy atom. The number of rotatable bonds is 7. The molecule has 80 valence electrons. The second-order valence-electron chi connectivity index (χ2n) is 3.21. The summed E-state index contributed by atoms with van der Waals surface area (Å²) in [5, 5.41) is 9.03. The number of methoxy groups -OCH3 is 1. The lowest BCUT2D eigenvalue weighted by Crippen LogP contribution is -2.02. The van der Waals surface area contributed by atoms with Crippen molar-refractivity contribution in [3.63, 3.8) is 0 Å². The number of carbonyl (C=O) groups excluding carboxylic acids is 1. The summed E-state index contributed by atoms with van der Waals surface area (Å²) in [7, 11) is 1.39. The van der Waals surface area contributed by atoms with Gasteiger partial charge in [0.05, 0.1) is 7.11 Å². The number of ether oxygens (including phenoxy) is 1. The second-order valence-corrected chi connectivity index (χ2v) is 3.21. The largest absolute Gasteiger partial charge is 0.469 e. The highest BCUT2D eigenvalue weighted by atomic mass is 16.5. The summed E-state index contributed by atoms with van der Waals surface area (Å²) in [5.41, 5.74) is 0. The first-order valence-electron chi connectivity index (χ1n) is 4.91. The van der Waals surface area contributed by atoms with Crippen LogP contribution in [-0.2, 0) is 9.53 Å². The van der Waals surface area contributed by atoms with E-state index in [9.17, 15) is 4.79 Å². The van der Waals surface area contributed by atoms with Crippen LogP contribution in [0.3, 0.4) is 0 Å². The normalized spacial score (nSPS) is 11.8. The number of hydrogen-bond donors (Lipinski definition) is 1. The summed E-state index contributed by atoms with van der Waals surface area (Å²) in [6, 6.07) is 0. The van der Waals surface area contributed by atoms with Gasteiger partial charge in [-0.1, -0.05) is 18.8 Å². The zero-order valence-electron chi connectivity index (χ0n) is 8.66. The molecule has 0 aliphatic carbocycles. The van der Waals surface area contributed by atoms with Gasteiger partial charge in [-0.2, -0.15) is 0 Å². The lowest BCUT2D eigenvalue weighted by atomic mass is 10.1. The maximum atomic E-state index is 10.7. The van der Waals surface area contributed by atoms with E-state index in [0.29, 0.717) is 12.8 Å². The predicted octanol–water partition coefficient (Wildman–Crippen LogP) is 1.49. The summed E-state index contributed by atoms with van der Waals surface area (Å²) in [4.78, 5) is 10.7. The summed E-state index contributed by atoms with van der Waals surface area (Å²) in [6.45, 7) is 0. The number of carbonyl (C=O) groups is 1. The minimum absolute atomic E-state index is 0.159. The lowest BCUT2D eigenvalue weighted by molar-refractivity contribution is -0.140. The first-order valence-corrected chi connectivity index (χ1v) is 4.91. The molecule has 0 saturated carbocycles. The van der Waals surface area contributed by atoms with E-state index in [1.807, 2.05) is 0 Å². The quantitative estimate of drug-likeness (QED) is 0.383. The van der Waals surface area contributed by atoms with Crippen LogP contribution in [-0.4, -0.2) is 24.3 Å². The van der Waals surface area contributed by atoms with E-state index in [2.05, 4.69) is 10.7 Å². The van der Waals surface area contributed by atoms with Crippen LogP contribution >= 0.6 is 0 Å². The summed E-state index contributed by atoms with van der Waals surface area (Å²) < 4.78 is 4.51. The fraction of sp³-hybridized carbons (Fsp3) is 0.727. The summed E-state index contributed by atoms with van der Waals surface area (Å²) in [5.74, 6) is 2.11. The van der Waals surface area contributed by atoms with Gasteiger partial charge in [0.1, 0.15) is 6.10 Å². The Morgan fingerprint density at radius 3 is 2.64 bits per heavy atom. The minimum Gasteiger partial charge on any atom is -0.469 e. The van der Waals surface area contributed by atoms with Crippen LogP contribution in [0, 0.1) is 12.3 Å². The number of terminal acetylenes is 1. The van der Waals surface area contributed by atoms with Gasteiger partial charge in [0.2, 0.25) is 0 Å². The highest BCUT2D eigenvalue weighted by Crippen LogP contribution is 2.07. The van der Waals surface area contributed by atoms with Gasteiger partial charge >= 0.3 is 5.97 Å². The zero-order chi connectivity index (χ0) is 10.8. The first kappa shape index (κ1) is 13.0. The molecule has 0 bridgehead atoms. The molecule has 3 nitrogen and oxygen atoms in total. The molecule has 0 aliphatic heterocycles. The molecule has 0 spiro atoms. The molecule has 0 amide bonds. The van der Waals surface area contributed by atoms with Gasteiger partial charge in [-0.3, -0.25) is 4.79 Å². The Hall–Kier alpha value is -1.01. The molecular formula is C11H18O3. The minimum atomic E-state index is -0.615. The van der Waals surface area contributed by atoms with E-state index in [4.69, 9.17) is 11.5 Å². The third-order valence-corrected chi connectivity index (χ3v) is 2.03. The number of aliphatic hydroxyl groups is 1. The topological polar surface area (TPSA) is 46.5 Å². The van der Waals surface area contributed by atoms with Crippen molar-refractivity contribution in [3.05, 3.63) is 0 Å². The van der Waals surface area contributed by atoms with Crippen LogP contribution in [0.2, 0.25) is 0 Å². The third-order valence-electron chi connectivity index (χ3n) is 2.03. The van der Waals surface area contributed by atoms with E-state index in [-0.39, 0.29) is 5.97 Å². The van der Waals surface area contributed by atoms with Gasteiger partial charge in [-0.05, 0) is 19.3 Å². The van der Waals surface area contributed by atoms with Crippen molar-refractivity contribution >= 4 is 5.97 Å². The number of aliphatic hydroxyl groups excluding tert-OH is 1. The van der Waals surface area contributed by atoms with Gasteiger partial charge in [-0.15, -0.1) is 6.42 Å². The summed E-state index contributed by atoms with van der Waals surface area (Å²) in [6.07, 6.45) is 9.25. The molecule has 1 atom stereocenters. The molecule has 0 aromatic heterocycles. The highest BCUT2D eigenvalue weighted by Gasteiger charge is 2.00. The molecule has 1 N–H and O–H groups in total. The zero-order valence-corrected chi connectivity index (χ0v) is 8.66. The van der Waals surface area contributed by atoms with Crippen molar-refractivity contribution in [1.29, 1.82) is 0 Å². The van der Waals surface area contributed by atoms with Gasteiger partial charge in [0, 0.05) is 6.42 Å². The van der Waals surface area contributed by atoms with E-state index >= 15 is 0 Å². The number of unbranched alkanes of at least 4 members (excludes halogenated alkanes) is 3. The molecule has 0 fully saturated rings. The van der Waals surface area contributed by atoms with Gasteiger partial charge < -0.3 is 9.84 Å². The van der Waals surface area contributed by atoms with Gasteiger partial charge in [0.15, 0.2) is 0 Å². The Morgan fingerprint density at radius 1 is 1.43 bits per heavy atom. The smallest absolute Gasteiger partial charge is 0.305 e. The summed E-state index contributed by atoms with van der Waals surface area (Å²) >= 11 is 0. The molecule has 0 radical (unpaired) electrons. The van der Waals surface area contributed by atoms with E-state index in [0.717, 1.165) is 25.7 Å². The fourth-order valence-corrected chi connectivity index (χ4v) is 1.15. The maximum Gasteiger partial charge on any atom is 0.305 e. The lowest BCUT2D eigenvalue weighted by Gasteiger charge is -2.02. The van der Waals surface area contributed by atoms with E-state index < -0.39 is 6.10 Å². The molecule has 3 heteroatoms. The van der Waals surface area contributed by atoms with Crippen LogP contribution < -0.4 is 0 Å². The molecule has 0 aliphatic rings. The Balaban J connectivity index is 3.15.